The number of carbonyl (C=O) groups is 10. The topological polar surface area (TPSA) is 326 Å². The fraction of sp³-hybridized carbons (Fsp3) is 0.195. The van der Waals surface area contributed by atoms with Crippen LogP contribution in [0.2, 0.25) is 20.1 Å². The second-order valence-electron chi connectivity index (χ2n) is 24.7. The molecule has 0 aliphatic carbocycles. The second-order valence-corrected chi connectivity index (χ2v) is 26.5. The predicted octanol–water partition coefficient (Wildman–Crippen LogP) is 9.77. The van der Waals surface area contributed by atoms with Crippen LogP contribution in [0.1, 0.15) is 86.5 Å². The molecule has 4 aromatic heterocycles. The Morgan fingerprint density at radius 1 is 0.321 bits per heavy atom. The maximum atomic E-state index is 13.0. The van der Waals surface area contributed by atoms with Crippen LogP contribution in [-0.2, 0) is 88.6 Å². The largest absolute Gasteiger partial charge is 2.00 e. The van der Waals surface area contributed by atoms with E-state index in [1.807, 2.05) is 0 Å². The molecule has 12 rings (SSSR count). The average Bonchev–Trinajstić information content (AvgIpc) is 1.63. The number of aliphatic carboxylic acids is 4. The van der Waals surface area contributed by atoms with Gasteiger partial charge in [0.15, 0.2) is 0 Å². The van der Waals surface area contributed by atoms with Gasteiger partial charge in [-0.1, -0.05) is 46.4 Å². The number of benzene rings is 8. The molecule has 8 aromatic carbocycles. The quantitative estimate of drug-likeness (QED) is 0.0569. The van der Waals surface area contributed by atoms with Crippen molar-refractivity contribution in [3.05, 3.63) is 257 Å². The van der Waals surface area contributed by atoms with Crippen LogP contribution in [0.5, 0.6) is 23.0 Å². The van der Waals surface area contributed by atoms with E-state index in [-0.39, 0.29) is 83.4 Å². The number of carbonyl (C=O) groups excluding carboxylic acids is 10. The molecule has 2 radical (unpaired) electrons. The number of ether oxygens (including phenoxy) is 4. The summed E-state index contributed by atoms with van der Waals surface area (Å²) in [5.74, 6) is -3.50. The summed E-state index contributed by atoms with van der Waals surface area (Å²) in [6, 6.07) is 47.0. The molecule has 12 aromatic rings. The third kappa shape index (κ3) is 22.5. The van der Waals surface area contributed by atoms with Crippen LogP contribution >= 0.6 is 46.4 Å². The van der Waals surface area contributed by atoms with Gasteiger partial charge in [0.1, 0.15) is 23.0 Å². The molecular formula is C82H74Cl4Cu2N6O18. The average molecular weight is 1700 g/mol. The Balaban J connectivity index is 0.000000254. The summed E-state index contributed by atoms with van der Waals surface area (Å²) in [5.41, 5.74) is 8.72. The third-order valence-corrected chi connectivity index (χ3v) is 18.1. The van der Waals surface area contributed by atoms with Gasteiger partial charge in [-0.3, -0.25) is 47.0 Å². The Morgan fingerprint density at radius 3 is 0.616 bits per heavy atom. The van der Waals surface area contributed by atoms with Gasteiger partial charge in [-0.05, 0) is 220 Å². The number of rotatable bonds is 18. The standard InChI is InChI=1S/4C19H16ClNO4.2C3H7NO.2Cu/c4*1-11-15(10-18(22)23)16-9-14(25-2)7-8-17(16)21(11)19(24)12-3-5-13(20)6-4-12;2*1-4(2)3-5;;/h4*3-9H,10H2,1-2H3,(H,22,23);2*3H,1-2H3;;/q;;;;;;2*+2/p-4. The number of carboxylic acid groups (broad SMARTS) is 4. The minimum absolute atomic E-state index is 0. The van der Waals surface area contributed by atoms with Crippen LogP contribution in [0.25, 0.3) is 43.6 Å². The molecule has 0 saturated carbocycles. The number of hydrogen-bond acceptors (Lipinski definition) is 18. The van der Waals surface area contributed by atoms with E-state index in [2.05, 4.69) is 0 Å². The Kier molecular flexibility index (Phi) is 34.1. The zero-order valence-corrected chi connectivity index (χ0v) is 67.2. The van der Waals surface area contributed by atoms with Gasteiger partial charge in [0.25, 0.3) is 23.6 Å². The molecule has 0 fully saturated rings. The number of nitrogens with zero attached hydrogens (tertiary/aromatic N) is 6. The van der Waals surface area contributed by atoms with Crippen LogP contribution in [-0.4, -0.2) is 145 Å². The first-order valence-corrected chi connectivity index (χ1v) is 34.7. The van der Waals surface area contributed by atoms with Gasteiger partial charge in [0, 0.05) is 164 Å². The van der Waals surface area contributed by atoms with Crippen molar-refractivity contribution in [2.24, 2.45) is 0 Å². The summed E-state index contributed by atoms with van der Waals surface area (Å²) in [5, 5.41) is 49.4. The Hall–Kier alpha value is -11.2. The number of aromatic nitrogens is 4. The van der Waals surface area contributed by atoms with Crippen molar-refractivity contribution in [1.82, 2.24) is 28.1 Å². The van der Waals surface area contributed by atoms with Crippen molar-refractivity contribution >= 4 is 150 Å². The molecule has 24 nitrogen and oxygen atoms in total. The molecule has 2 amide bonds. The van der Waals surface area contributed by atoms with Crippen LogP contribution in [0.15, 0.2) is 170 Å². The van der Waals surface area contributed by atoms with Crippen LogP contribution in [0.4, 0.5) is 0 Å². The molecule has 590 valence electrons. The number of amides is 2. The summed E-state index contributed by atoms with van der Waals surface area (Å²) in [6.07, 6.45) is 0.375. The van der Waals surface area contributed by atoms with Crippen molar-refractivity contribution in [2.45, 2.75) is 53.4 Å². The smallest absolute Gasteiger partial charge is 0.550 e. The summed E-state index contributed by atoms with van der Waals surface area (Å²) in [6.45, 7) is 6.88. The van der Waals surface area contributed by atoms with Gasteiger partial charge in [-0.15, -0.1) is 0 Å². The van der Waals surface area contributed by atoms with Crippen LogP contribution in [0, 0.1) is 27.7 Å². The van der Waals surface area contributed by atoms with E-state index in [1.165, 1.54) is 56.5 Å². The van der Waals surface area contributed by atoms with E-state index in [0.29, 0.717) is 154 Å². The van der Waals surface area contributed by atoms with Crippen molar-refractivity contribution in [3.8, 4) is 23.0 Å². The molecule has 0 atom stereocenters. The third-order valence-electron chi connectivity index (χ3n) is 17.1. The molecular weight excluding hydrogens is 1630 g/mol. The van der Waals surface area contributed by atoms with Gasteiger partial charge >= 0.3 is 34.1 Å². The first-order chi connectivity index (χ1) is 52.2. The first-order valence-electron chi connectivity index (χ1n) is 33.2. The molecule has 0 spiro atoms. The van der Waals surface area contributed by atoms with E-state index in [0.717, 1.165) is 12.8 Å². The van der Waals surface area contributed by atoms with Gasteiger partial charge in [0.2, 0.25) is 12.8 Å². The van der Waals surface area contributed by atoms with Crippen molar-refractivity contribution in [3.63, 3.8) is 0 Å². The minimum atomic E-state index is -1.20. The maximum Gasteiger partial charge on any atom is 2.00 e. The Bertz CT molecular complexity index is 4790. The molecule has 112 heavy (non-hydrogen) atoms. The minimum Gasteiger partial charge on any atom is -0.550 e. The maximum absolute atomic E-state index is 13.0. The van der Waals surface area contributed by atoms with Gasteiger partial charge in [0.05, 0.1) is 50.5 Å². The number of hydrogen-bond donors (Lipinski definition) is 0. The van der Waals surface area contributed by atoms with Gasteiger partial charge in [-0.25, -0.2) is 0 Å². The molecule has 30 heteroatoms. The fourth-order valence-corrected chi connectivity index (χ4v) is 12.3. The zero-order chi connectivity index (χ0) is 81.1. The van der Waals surface area contributed by atoms with E-state index < -0.39 is 23.9 Å². The van der Waals surface area contributed by atoms with E-state index in [4.69, 9.17) is 65.4 Å². The summed E-state index contributed by atoms with van der Waals surface area (Å²) in [7, 11) is 12.9. The summed E-state index contributed by atoms with van der Waals surface area (Å²) >= 11 is 23.5. The van der Waals surface area contributed by atoms with Crippen LogP contribution < -0.4 is 39.4 Å². The SMILES string of the molecule is CN(C)C=O.CN(C)C=O.COc1ccc2c(c1)c(CC(=O)[O-])c(C)n2C(=O)c1ccc(Cl)cc1.COc1ccc2c(c1)c(CC(=O)[O-])c(C)n2C(=O)c1ccc(Cl)cc1.COc1ccc2c(c1)c(CC(=O)[O-])c(C)n2C(=O)c1ccc(Cl)cc1.COc1ccc2c(c1)c(CC(=O)[O-])c(C)n2C(=O)c1ccc(Cl)cc1.[Cu+2].[Cu+2]. The van der Waals surface area contributed by atoms with E-state index >= 15 is 0 Å². The van der Waals surface area contributed by atoms with Gasteiger partial charge in [-0.2, -0.15) is 0 Å². The van der Waals surface area contributed by atoms with Crippen molar-refractivity contribution in [1.29, 1.82) is 0 Å². The fourth-order valence-electron chi connectivity index (χ4n) is 11.8. The normalized spacial score (nSPS) is 10.3. The number of fused-ring (bicyclic) bond motifs is 4. The van der Waals surface area contributed by atoms with Crippen molar-refractivity contribution < 1.29 is 121 Å². The van der Waals surface area contributed by atoms with E-state index in [9.17, 15) is 68.4 Å². The number of carboxylic acids is 4. The molecule has 0 saturated heterocycles. The first kappa shape index (κ1) is 91.4. The predicted molar refractivity (Wildman–Crippen MR) is 412 cm³/mol. The molecule has 0 unspecified atom stereocenters. The molecule has 4 heterocycles. The molecule has 0 bridgehead atoms. The van der Waals surface area contributed by atoms with E-state index in [1.54, 1.807) is 226 Å². The second kappa shape index (κ2) is 41.7. The Morgan fingerprint density at radius 2 is 0.482 bits per heavy atom. The molecule has 0 aliphatic rings. The molecule has 0 N–H and O–H groups in total. The Labute approximate surface area is 685 Å². The van der Waals surface area contributed by atoms with Crippen LogP contribution in [0.3, 0.4) is 0 Å². The van der Waals surface area contributed by atoms with Crippen molar-refractivity contribution in [2.75, 3.05) is 56.6 Å². The zero-order valence-electron chi connectivity index (χ0n) is 62.3. The number of methoxy groups -OCH3 is 4. The number of halogens is 4. The molecule has 0 aliphatic heterocycles. The summed E-state index contributed by atoms with van der Waals surface area (Å²) in [4.78, 5) is 118. The summed E-state index contributed by atoms with van der Waals surface area (Å²) < 4.78 is 26.9. The monoisotopic (exact) mass is 1700 g/mol. The van der Waals surface area contributed by atoms with Gasteiger partial charge < -0.3 is 68.4 Å².